The first kappa shape index (κ1) is 17.4. The number of nitrogens with zero attached hydrogens (tertiary/aromatic N) is 1. The Kier molecular flexibility index (Phi) is 5.03. The molecule has 1 heterocycles. The van der Waals surface area contributed by atoms with Crippen LogP contribution in [0, 0.1) is 11.6 Å². The number of hydrogen-bond donors (Lipinski definition) is 1. The quantitative estimate of drug-likeness (QED) is 0.891. The molecular formula is C18H16F2N2O2S. The summed E-state index contributed by atoms with van der Waals surface area (Å²) in [5, 5.41) is 2.33. The average molecular weight is 362 g/mol. The van der Waals surface area contributed by atoms with E-state index in [0.29, 0.717) is 12.1 Å². The molecule has 7 heteroatoms. The zero-order chi connectivity index (χ0) is 18.0. The summed E-state index contributed by atoms with van der Waals surface area (Å²) in [7, 11) is 0. The molecule has 2 amide bonds. The van der Waals surface area contributed by atoms with Crippen LogP contribution in [0.2, 0.25) is 0 Å². The van der Waals surface area contributed by atoms with E-state index in [1.807, 2.05) is 6.07 Å². The van der Waals surface area contributed by atoms with Gasteiger partial charge < -0.3 is 5.32 Å². The molecule has 0 aromatic heterocycles. The third-order valence-electron chi connectivity index (χ3n) is 3.81. The number of amides is 2. The summed E-state index contributed by atoms with van der Waals surface area (Å²) < 4.78 is 27.3. The molecule has 1 aliphatic heterocycles. The number of rotatable bonds is 4. The van der Waals surface area contributed by atoms with Crippen molar-refractivity contribution in [3.8, 4) is 0 Å². The van der Waals surface area contributed by atoms with E-state index in [1.165, 1.54) is 22.7 Å². The van der Waals surface area contributed by atoms with Crippen molar-refractivity contribution in [1.82, 2.24) is 0 Å². The van der Waals surface area contributed by atoms with Crippen LogP contribution in [0.4, 0.5) is 20.2 Å². The summed E-state index contributed by atoms with van der Waals surface area (Å²) >= 11 is 1.36. The molecule has 1 saturated heterocycles. The number of halogens is 2. The molecule has 1 atom stereocenters. The molecule has 0 spiro atoms. The zero-order valence-corrected chi connectivity index (χ0v) is 14.3. The lowest BCUT2D eigenvalue weighted by Crippen LogP contribution is -2.28. The molecule has 1 fully saturated rings. The highest BCUT2D eigenvalue weighted by Gasteiger charge is 2.35. The maximum Gasteiger partial charge on any atom is 0.238 e. The number of carbonyl (C=O) groups excluding carboxylic acids is 2. The van der Waals surface area contributed by atoms with Gasteiger partial charge in [0.1, 0.15) is 17.0 Å². The van der Waals surface area contributed by atoms with Gasteiger partial charge in [-0.3, -0.25) is 14.5 Å². The number of thioether (sulfide) groups is 1. The summed E-state index contributed by atoms with van der Waals surface area (Å²) in [6.07, 6.45) is 0.355. The number of benzene rings is 2. The molecule has 1 N–H and O–H groups in total. The molecule has 25 heavy (non-hydrogen) atoms. The van der Waals surface area contributed by atoms with Gasteiger partial charge in [0.15, 0.2) is 0 Å². The van der Waals surface area contributed by atoms with E-state index in [2.05, 4.69) is 5.32 Å². The summed E-state index contributed by atoms with van der Waals surface area (Å²) in [5.74, 6) is -1.64. The fourth-order valence-electron chi connectivity index (χ4n) is 2.63. The Morgan fingerprint density at radius 3 is 2.80 bits per heavy atom. The first-order valence-electron chi connectivity index (χ1n) is 7.78. The normalized spacial score (nSPS) is 17.0. The first-order chi connectivity index (χ1) is 12.0. The highest BCUT2D eigenvalue weighted by atomic mass is 32.2. The topological polar surface area (TPSA) is 49.4 Å². The monoisotopic (exact) mass is 362 g/mol. The largest absolute Gasteiger partial charge is 0.326 e. The van der Waals surface area contributed by atoms with Crippen molar-refractivity contribution >= 4 is 35.0 Å². The SMILES string of the molecule is CCC(=O)Nc1cccc([C@H]2SCC(=O)N2c2ccc(F)cc2F)c1. The van der Waals surface area contributed by atoms with E-state index >= 15 is 0 Å². The van der Waals surface area contributed by atoms with Crippen LogP contribution < -0.4 is 10.2 Å². The summed E-state index contributed by atoms with van der Waals surface area (Å²) in [6.45, 7) is 1.75. The van der Waals surface area contributed by atoms with E-state index < -0.39 is 17.0 Å². The number of anilines is 2. The summed E-state index contributed by atoms with van der Waals surface area (Å²) in [6, 6.07) is 10.3. The van der Waals surface area contributed by atoms with Crippen molar-refractivity contribution in [2.75, 3.05) is 16.0 Å². The highest BCUT2D eigenvalue weighted by molar-refractivity contribution is 8.00. The fraction of sp³-hybridized carbons (Fsp3) is 0.222. The molecule has 4 nitrogen and oxygen atoms in total. The predicted octanol–water partition coefficient (Wildman–Crippen LogP) is 4.09. The van der Waals surface area contributed by atoms with Crippen LogP contribution in [0.3, 0.4) is 0 Å². The van der Waals surface area contributed by atoms with E-state index in [1.54, 1.807) is 25.1 Å². The zero-order valence-electron chi connectivity index (χ0n) is 13.5. The Bertz CT molecular complexity index is 828. The lowest BCUT2D eigenvalue weighted by atomic mass is 10.1. The van der Waals surface area contributed by atoms with Crippen LogP contribution >= 0.6 is 11.8 Å². The number of hydrogen-bond acceptors (Lipinski definition) is 3. The summed E-state index contributed by atoms with van der Waals surface area (Å²) in [5.41, 5.74) is 1.42. The van der Waals surface area contributed by atoms with Gasteiger partial charge in [0.25, 0.3) is 0 Å². The van der Waals surface area contributed by atoms with E-state index in [0.717, 1.165) is 17.7 Å². The molecule has 0 bridgehead atoms. The molecule has 130 valence electrons. The van der Waals surface area contributed by atoms with Gasteiger partial charge in [-0.2, -0.15) is 0 Å². The van der Waals surface area contributed by atoms with Crippen LogP contribution in [0.1, 0.15) is 24.3 Å². The van der Waals surface area contributed by atoms with Crippen molar-refractivity contribution in [3.05, 3.63) is 59.7 Å². The Balaban J connectivity index is 1.94. The van der Waals surface area contributed by atoms with Gasteiger partial charge in [-0.15, -0.1) is 11.8 Å². The average Bonchev–Trinajstić information content (AvgIpc) is 2.96. The van der Waals surface area contributed by atoms with E-state index in [9.17, 15) is 18.4 Å². The van der Waals surface area contributed by atoms with Crippen molar-refractivity contribution in [3.63, 3.8) is 0 Å². The van der Waals surface area contributed by atoms with Crippen molar-refractivity contribution in [2.24, 2.45) is 0 Å². The smallest absolute Gasteiger partial charge is 0.238 e. The predicted molar refractivity (Wildman–Crippen MR) is 94.4 cm³/mol. The molecule has 1 aliphatic rings. The minimum Gasteiger partial charge on any atom is -0.326 e. The van der Waals surface area contributed by atoms with Crippen molar-refractivity contribution in [2.45, 2.75) is 18.7 Å². The highest BCUT2D eigenvalue weighted by Crippen LogP contribution is 2.43. The standard InChI is InChI=1S/C18H16F2N2O2S/c1-2-16(23)21-13-5-3-4-11(8-13)18-22(17(24)10-25-18)15-7-6-12(19)9-14(15)20/h3-9,18H,2,10H2,1H3,(H,21,23)/t18-/m1/s1. The Hall–Kier alpha value is -2.41. The minimum absolute atomic E-state index is 0.0457. The van der Waals surface area contributed by atoms with Gasteiger partial charge in [0, 0.05) is 18.2 Å². The van der Waals surface area contributed by atoms with Crippen LogP contribution in [0.25, 0.3) is 0 Å². The van der Waals surface area contributed by atoms with Gasteiger partial charge in [-0.1, -0.05) is 19.1 Å². The van der Waals surface area contributed by atoms with Crippen LogP contribution in [-0.2, 0) is 9.59 Å². The first-order valence-corrected chi connectivity index (χ1v) is 8.83. The van der Waals surface area contributed by atoms with Gasteiger partial charge in [0.2, 0.25) is 11.8 Å². The minimum atomic E-state index is -0.781. The molecule has 0 saturated carbocycles. The van der Waals surface area contributed by atoms with Crippen LogP contribution in [0.5, 0.6) is 0 Å². The lowest BCUT2D eigenvalue weighted by Gasteiger charge is -2.25. The van der Waals surface area contributed by atoms with Crippen molar-refractivity contribution in [1.29, 1.82) is 0 Å². The molecule has 0 unspecified atom stereocenters. The Morgan fingerprint density at radius 1 is 1.28 bits per heavy atom. The Labute approximate surface area is 148 Å². The van der Waals surface area contributed by atoms with Gasteiger partial charge in [-0.05, 0) is 29.8 Å². The van der Waals surface area contributed by atoms with Crippen LogP contribution in [0.15, 0.2) is 42.5 Å². The van der Waals surface area contributed by atoms with Gasteiger partial charge in [-0.25, -0.2) is 8.78 Å². The Morgan fingerprint density at radius 2 is 2.08 bits per heavy atom. The molecule has 0 radical (unpaired) electrons. The van der Waals surface area contributed by atoms with Gasteiger partial charge >= 0.3 is 0 Å². The maximum absolute atomic E-state index is 14.2. The second-order valence-corrected chi connectivity index (χ2v) is 6.62. The fourth-order valence-corrected chi connectivity index (χ4v) is 3.79. The molecule has 0 aliphatic carbocycles. The maximum atomic E-state index is 14.2. The summed E-state index contributed by atoms with van der Waals surface area (Å²) in [4.78, 5) is 25.2. The van der Waals surface area contributed by atoms with Crippen LogP contribution in [-0.4, -0.2) is 17.6 Å². The lowest BCUT2D eigenvalue weighted by molar-refractivity contribution is -0.116. The molecule has 3 rings (SSSR count). The number of carbonyl (C=O) groups is 2. The molecular weight excluding hydrogens is 346 g/mol. The molecule has 2 aromatic carbocycles. The third kappa shape index (κ3) is 3.66. The van der Waals surface area contributed by atoms with E-state index in [-0.39, 0.29) is 23.3 Å². The van der Waals surface area contributed by atoms with Crippen molar-refractivity contribution < 1.29 is 18.4 Å². The second kappa shape index (κ2) is 7.23. The molecule has 2 aromatic rings. The van der Waals surface area contributed by atoms with Gasteiger partial charge in [0.05, 0.1) is 11.4 Å². The second-order valence-electron chi connectivity index (χ2n) is 5.55. The third-order valence-corrected chi connectivity index (χ3v) is 5.03. The van der Waals surface area contributed by atoms with E-state index in [4.69, 9.17) is 0 Å². The number of nitrogens with one attached hydrogen (secondary N) is 1.